The van der Waals surface area contributed by atoms with Crippen LogP contribution in [0.25, 0.3) is 11.2 Å². The highest BCUT2D eigenvalue weighted by Crippen LogP contribution is 2.12. The van der Waals surface area contributed by atoms with Crippen LogP contribution in [-0.2, 0) is 6.42 Å². The molecule has 3 N–H and O–H groups in total. The van der Waals surface area contributed by atoms with Gasteiger partial charge in [-0.05, 0) is 25.0 Å². The van der Waals surface area contributed by atoms with Crippen molar-refractivity contribution in [3.8, 4) is 0 Å². The predicted molar refractivity (Wildman–Crippen MR) is 65.1 cm³/mol. The highest BCUT2D eigenvalue weighted by Gasteiger charge is 2.11. The lowest BCUT2D eigenvalue weighted by Gasteiger charge is -2.13. The summed E-state index contributed by atoms with van der Waals surface area (Å²) in [6, 6.07) is 4.13. The average molecular weight is 218 g/mol. The Labute approximate surface area is 95.3 Å². The van der Waals surface area contributed by atoms with E-state index in [9.17, 15) is 0 Å². The van der Waals surface area contributed by atoms with Gasteiger partial charge >= 0.3 is 0 Å². The van der Waals surface area contributed by atoms with Gasteiger partial charge in [-0.1, -0.05) is 13.8 Å². The van der Waals surface area contributed by atoms with Crippen LogP contribution in [0, 0.1) is 12.8 Å². The molecule has 0 aliphatic carbocycles. The minimum Gasteiger partial charge on any atom is -0.341 e. The summed E-state index contributed by atoms with van der Waals surface area (Å²) in [6.07, 6.45) is 0.771. The SMILES string of the molecule is Cc1ccc2[nH]c(CC(N)C(C)C)nc2n1. The highest BCUT2D eigenvalue weighted by molar-refractivity contribution is 5.70. The molecule has 4 heteroatoms. The number of nitrogens with one attached hydrogen (secondary N) is 1. The first-order valence-electron chi connectivity index (χ1n) is 5.64. The Hall–Kier alpha value is -1.42. The molecule has 16 heavy (non-hydrogen) atoms. The summed E-state index contributed by atoms with van der Waals surface area (Å²) in [5.41, 5.74) is 8.77. The average Bonchev–Trinajstić information content (AvgIpc) is 2.58. The number of hydrogen-bond donors (Lipinski definition) is 2. The van der Waals surface area contributed by atoms with Gasteiger partial charge in [0.25, 0.3) is 0 Å². The zero-order valence-corrected chi connectivity index (χ0v) is 9.99. The molecule has 0 bridgehead atoms. The third-order valence-electron chi connectivity index (χ3n) is 2.82. The maximum atomic E-state index is 6.02. The summed E-state index contributed by atoms with van der Waals surface area (Å²) in [4.78, 5) is 12.1. The van der Waals surface area contributed by atoms with Crippen molar-refractivity contribution in [2.45, 2.75) is 33.2 Å². The molecule has 0 aliphatic rings. The van der Waals surface area contributed by atoms with Crippen molar-refractivity contribution in [1.29, 1.82) is 0 Å². The van der Waals surface area contributed by atoms with Crippen molar-refractivity contribution < 1.29 is 0 Å². The first kappa shape index (κ1) is 11.1. The molecule has 2 rings (SSSR count). The molecule has 0 amide bonds. The molecule has 0 aliphatic heterocycles. The fourth-order valence-electron chi connectivity index (χ4n) is 1.59. The molecule has 2 aromatic rings. The van der Waals surface area contributed by atoms with Gasteiger partial charge in [0.1, 0.15) is 5.82 Å². The van der Waals surface area contributed by atoms with E-state index in [0.29, 0.717) is 5.92 Å². The van der Waals surface area contributed by atoms with E-state index in [-0.39, 0.29) is 6.04 Å². The predicted octanol–water partition coefficient (Wildman–Crippen LogP) is 1.79. The van der Waals surface area contributed by atoms with Crippen LogP contribution in [0.1, 0.15) is 25.4 Å². The normalized spacial score (nSPS) is 13.6. The van der Waals surface area contributed by atoms with E-state index in [1.54, 1.807) is 0 Å². The van der Waals surface area contributed by atoms with Crippen molar-refractivity contribution in [3.05, 3.63) is 23.7 Å². The van der Waals surface area contributed by atoms with Gasteiger partial charge in [-0.2, -0.15) is 0 Å². The number of aromatic nitrogens is 3. The first-order chi connectivity index (χ1) is 7.56. The molecule has 2 heterocycles. The topological polar surface area (TPSA) is 67.6 Å². The molecular formula is C12H18N4. The van der Waals surface area contributed by atoms with Crippen molar-refractivity contribution in [1.82, 2.24) is 15.0 Å². The van der Waals surface area contributed by atoms with E-state index in [4.69, 9.17) is 5.73 Å². The minimum absolute atomic E-state index is 0.140. The van der Waals surface area contributed by atoms with Crippen LogP contribution in [0.4, 0.5) is 0 Å². The second-order valence-electron chi connectivity index (χ2n) is 4.62. The lowest BCUT2D eigenvalue weighted by Crippen LogP contribution is -2.29. The lowest BCUT2D eigenvalue weighted by molar-refractivity contribution is 0.483. The van der Waals surface area contributed by atoms with Crippen molar-refractivity contribution >= 4 is 11.2 Å². The number of nitrogens with zero attached hydrogens (tertiary/aromatic N) is 2. The Morgan fingerprint density at radius 1 is 1.31 bits per heavy atom. The van der Waals surface area contributed by atoms with Gasteiger partial charge in [-0.15, -0.1) is 0 Å². The molecule has 1 unspecified atom stereocenters. The Balaban J connectivity index is 2.26. The molecule has 0 saturated carbocycles. The number of nitrogens with two attached hydrogens (primary N) is 1. The first-order valence-corrected chi connectivity index (χ1v) is 5.64. The smallest absolute Gasteiger partial charge is 0.177 e. The third kappa shape index (κ3) is 2.22. The molecule has 0 aromatic carbocycles. The zero-order chi connectivity index (χ0) is 11.7. The molecule has 1 atom stereocenters. The van der Waals surface area contributed by atoms with Crippen molar-refractivity contribution in [2.75, 3.05) is 0 Å². The fraction of sp³-hybridized carbons (Fsp3) is 0.500. The van der Waals surface area contributed by atoms with Gasteiger partial charge in [0.2, 0.25) is 0 Å². The van der Waals surface area contributed by atoms with E-state index in [0.717, 1.165) is 29.1 Å². The second-order valence-corrected chi connectivity index (χ2v) is 4.62. The van der Waals surface area contributed by atoms with Crippen LogP contribution < -0.4 is 5.73 Å². The number of H-pyrrole nitrogens is 1. The summed E-state index contributed by atoms with van der Waals surface area (Å²) >= 11 is 0. The van der Waals surface area contributed by atoms with E-state index < -0.39 is 0 Å². The molecular weight excluding hydrogens is 200 g/mol. The third-order valence-corrected chi connectivity index (χ3v) is 2.82. The molecule has 0 spiro atoms. The summed E-state index contributed by atoms with van der Waals surface area (Å²) in [5.74, 6) is 1.39. The number of hydrogen-bond acceptors (Lipinski definition) is 3. The summed E-state index contributed by atoms with van der Waals surface area (Å²) in [6.45, 7) is 6.21. The standard InChI is InChI=1S/C12H18N4/c1-7(2)9(13)6-11-15-10-5-4-8(3)14-12(10)16-11/h4-5,7,9H,6,13H2,1-3H3,(H,14,15,16). The number of aryl methyl sites for hydroxylation is 1. The van der Waals surface area contributed by atoms with Crippen molar-refractivity contribution in [3.63, 3.8) is 0 Å². The Morgan fingerprint density at radius 2 is 2.06 bits per heavy atom. The van der Waals surface area contributed by atoms with E-state index in [1.165, 1.54) is 0 Å². The number of pyridine rings is 1. The molecule has 2 aromatic heterocycles. The Morgan fingerprint density at radius 3 is 2.75 bits per heavy atom. The van der Waals surface area contributed by atoms with E-state index in [2.05, 4.69) is 28.8 Å². The van der Waals surface area contributed by atoms with Crippen LogP contribution in [-0.4, -0.2) is 21.0 Å². The number of aromatic amines is 1. The van der Waals surface area contributed by atoms with Crippen LogP contribution in [0.15, 0.2) is 12.1 Å². The van der Waals surface area contributed by atoms with E-state index in [1.807, 2.05) is 19.1 Å². The molecule has 0 radical (unpaired) electrons. The largest absolute Gasteiger partial charge is 0.341 e. The van der Waals surface area contributed by atoms with Gasteiger partial charge in [-0.25, -0.2) is 9.97 Å². The van der Waals surface area contributed by atoms with E-state index >= 15 is 0 Å². The zero-order valence-electron chi connectivity index (χ0n) is 9.99. The minimum atomic E-state index is 0.140. The fourth-order valence-corrected chi connectivity index (χ4v) is 1.59. The summed E-state index contributed by atoms with van der Waals surface area (Å²) in [5, 5.41) is 0. The quantitative estimate of drug-likeness (QED) is 0.825. The summed E-state index contributed by atoms with van der Waals surface area (Å²) in [7, 11) is 0. The summed E-state index contributed by atoms with van der Waals surface area (Å²) < 4.78 is 0. The molecule has 4 nitrogen and oxygen atoms in total. The number of fused-ring (bicyclic) bond motifs is 1. The van der Waals surface area contributed by atoms with Gasteiger partial charge in [0.05, 0.1) is 5.52 Å². The van der Waals surface area contributed by atoms with Gasteiger partial charge in [0.15, 0.2) is 5.65 Å². The van der Waals surface area contributed by atoms with Gasteiger partial charge in [0, 0.05) is 18.2 Å². The van der Waals surface area contributed by atoms with Crippen LogP contribution in [0.5, 0.6) is 0 Å². The molecule has 0 fully saturated rings. The Kier molecular flexibility index (Phi) is 2.92. The highest BCUT2D eigenvalue weighted by atomic mass is 15.0. The van der Waals surface area contributed by atoms with Crippen LogP contribution in [0.2, 0.25) is 0 Å². The lowest BCUT2D eigenvalue weighted by atomic mass is 10.0. The van der Waals surface area contributed by atoms with Crippen LogP contribution >= 0.6 is 0 Å². The maximum Gasteiger partial charge on any atom is 0.177 e. The monoisotopic (exact) mass is 218 g/mol. The Bertz CT molecular complexity index is 487. The van der Waals surface area contributed by atoms with Crippen LogP contribution in [0.3, 0.4) is 0 Å². The number of imidazole rings is 1. The van der Waals surface area contributed by atoms with Gasteiger partial charge in [-0.3, -0.25) is 0 Å². The molecule has 0 saturated heterocycles. The maximum absolute atomic E-state index is 6.02. The van der Waals surface area contributed by atoms with Crippen molar-refractivity contribution in [2.24, 2.45) is 11.7 Å². The van der Waals surface area contributed by atoms with Gasteiger partial charge < -0.3 is 10.7 Å². The molecule has 86 valence electrons. The second kappa shape index (κ2) is 4.22. The number of rotatable bonds is 3.